The molecule has 4 heteroatoms. The Morgan fingerprint density at radius 2 is 2.00 bits per heavy atom. The Morgan fingerprint density at radius 3 is 2.65 bits per heavy atom. The van der Waals surface area contributed by atoms with Gasteiger partial charge in [-0.25, -0.2) is 4.98 Å². The van der Waals surface area contributed by atoms with E-state index in [1.54, 1.807) is 13.2 Å². The summed E-state index contributed by atoms with van der Waals surface area (Å²) in [4.78, 5) is 16.2. The van der Waals surface area contributed by atoms with Gasteiger partial charge in [0.15, 0.2) is 0 Å². The van der Waals surface area contributed by atoms with Gasteiger partial charge in [-0.3, -0.25) is 9.36 Å². The Morgan fingerprint density at radius 1 is 1.29 bits per heavy atom. The van der Waals surface area contributed by atoms with E-state index >= 15 is 0 Å². The van der Waals surface area contributed by atoms with Gasteiger partial charge in [0.2, 0.25) is 5.95 Å². The zero-order valence-electron chi connectivity index (χ0n) is 9.97. The van der Waals surface area contributed by atoms with Crippen molar-refractivity contribution in [3.63, 3.8) is 0 Å². The van der Waals surface area contributed by atoms with Crippen LogP contribution in [0, 0.1) is 0 Å². The number of para-hydroxylation sites is 1. The van der Waals surface area contributed by atoms with Crippen molar-refractivity contribution in [1.29, 1.82) is 0 Å². The third kappa shape index (κ3) is 2.36. The Balaban J connectivity index is 2.35. The lowest BCUT2D eigenvalue weighted by molar-refractivity contribution is 0.812. The number of anilines is 2. The highest BCUT2D eigenvalue weighted by Gasteiger charge is 2.05. The van der Waals surface area contributed by atoms with Crippen molar-refractivity contribution in [2.24, 2.45) is 7.05 Å². The average molecular weight is 229 g/mol. The molecule has 0 saturated carbocycles. The quantitative estimate of drug-likeness (QED) is 0.876. The van der Waals surface area contributed by atoms with E-state index in [-0.39, 0.29) is 5.56 Å². The highest BCUT2D eigenvalue weighted by Crippen LogP contribution is 2.11. The maximum atomic E-state index is 11.9. The lowest BCUT2D eigenvalue weighted by Crippen LogP contribution is -2.23. The zero-order chi connectivity index (χ0) is 12.3. The molecule has 0 fully saturated rings. The number of aryl methyl sites for hydroxylation is 1. The van der Waals surface area contributed by atoms with E-state index in [4.69, 9.17) is 0 Å². The van der Waals surface area contributed by atoms with E-state index < -0.39 is 0 Å². The molecule has 1 aromatic carbocycles. The molecule has 0 unspecified atom stereocenters. The van der Waals surface area contributed by atoms with Gasteiger partial charge in [-0.1, -0.05) is 25.1 Å². The SMILES string of the molecule is CCc1cnc(Nc2ccccc2)n(C)c1=O. The predicted octanol–water partition coefficient (Wildman–Crippen LogP) is 2.09. The van der Waals surface area contributed by atoms with Crippen molar-refractivity contribution in [1.82, 2.24) is 9.55 Å². The zero-order valence-corrected chi connectivity index (χ0v) is 9.97. The summed E-state index contributed by atoms with van der Waals surface area (Å²) in [6.07, 6.45) is 2.33. The number of nitrogens with one attached hydrogen (secondary N) is 1. The van der Waals surface area contributed by atoms with Crippen LogP contribution in [0.3, 0.4) is 0 Å². The first-order chi connectivity index (χ1) is 8.22. The molecule has 2 rings (SSSR count). The lowest BCUT2D eigenvalue weighted by Gasteiger charge is -2.10. The molecular formula is C13H15N3O. The Bertz CT molecular complexity index is 561. The van der Waals surface area contributed by atoms with Gasteiger partial charge in [0.05, 0.1) is 0 Å². The van der Waals surface area contributed by atoms with Gasteiger partial charge >= 0.3 is 0 Å². The van der Waals surface area contributed by atoms with Gasteiger partial charge in [0.1, 0.15) is 0 Å². The second-order valence-electron chi connectivity index (χ2n) is 3.82. The fourth-order valence-electron chi connectivity index (χ4n) is 1.60. The van der Waals surface area contributed by atoms with Crippen LogP contribution in [0.5, 0.6) is 0 Å². The fourth-order valence-corrected chi connectivity index (χ4v) is 1.60. The van der Waals surface area contributed by atoms with Crippen molar-refractivity contribution in [3.8, 4) is 0 Å². The molecule has 0 saturated heterocycles. The van der Waals surface area contributed by atoms with E-state index in [9.17, 15) is 4.79 Å². The normalized spacial score (nSPS) is 10.2. The predicted molar refractivity (Wildman–Crippen MR) is 68.6 cm³/mol. The van der Waals surface area contributed by atoms with E-state index in [0.717, 1.165) is 11.3 Å². The number of hydrogen-bond acceptors (Lipinski definition) is 3. The first kappa shape index (κ1) is 11.4. The van der Waals surface area contributed by atoms with Crippen LogP contribution in [-0.2, 0) is 13.5 Å². The van der Waals surface area contributed by atoms with Crippen LogP contribution in [0.2, 0.25) is 0 Å². The van der Waals surface area contributed by atoms with Crippen LogP contribution in [0.1, 0.15) is 12.5 Å². The van der Waals surface area contributed by atoms with Crippen LogP contribution < -0.4 is 10.9 Å². The summed E-state index contributed by atoms with van der Waals surface area (Å²) in [6.45, 7) is 1.95. The van der Waals surface area contributed by atoms with E-state index in [1.165, 1.54) is 4.57 Å². The smallest absolute Gasteiger partial charge is 0.257 e. The fraction of sp³-hybridized carbons (Fsp3) is 0.231. The van der Waals surface area contributed by atoms with Crippen LogP contribution in [0.4, 0.5) is 11.6 Å². The Kier molecular flexibility index (Phi) is 3.23. The van der Waals surface area contributed by atoms with Gasteiger partial charge in [-0.05, 0) is 18.6 Å². The molecule has 2 aromatic rings. The molecule has 88 valence electrons. The summed E-state index contributed by atoms with van der Waals surface area (Å²) in [5.41, 5.74) is 1.64. The summed E-state index contributed by atoms with van der Waals surface area (Å²) in [5.74, 6) is 0.554. The molecule has 4 nitrogen and oxygen atoms in total. The van der Waals surface area contributed by atoms with E-state index in [2.05, 4.69) is 10.3 Å². The van der Waals surface area contributed by atoms with Gasteiger partial charge in [0, 0.05) is 24.5 Å². The molecule has 0 aliphatic carbocycles. The highest BCUT2D eigenvalue weighted by atomic mass is 16.1. The second-order valence-corrected chi connectivity index (χ2v) is 3.82. The van der Waals surface area contributed by atoms with Crippen LogP contribution in [-0.4, -0.2) is 9.55 Å². The molecule has 0 aliphatic heterocycles. The maximum absolute atomic E-state index is 11.9. The number of hydrogen-bond donors (Lipinski definition) is 1. The largest absolute Gasteiger partial charge is 0.326 e. The molecule has 1 aromatic heterocycles. The number of aromatic nitrogens is 2. The highest BCUT2D eigenvalue weighted by molar-refractivity contribution is 5.52. The van der Waals surface area contributed by atoms with Crippen LogP contribution >= 0.6 is 0 Å². The van der Waals surface area contributed by atoms with Crippen molar-refractivity contribution < 1.29 is 0 Å². The summed E-state index contributed by atoms with van der Waals surface area (Å²) < 4.78 is 1.53. The average Bonchev–Trinajstić information content (AvgIpc) is 2.37. The first-order valence-corrected chi connectivity index (χ1v) is 5.59. The minimum absolute atomic E-state index is 0.000862. The van der Waals surface area contributed by atoms with E-state index in [1.807, 2.05) is 37.3 Å². The Labute approximate surface area is 99.9 Å². The van der Waals surface area contributed by atoms with Crippen LogP contribution in [0.15, 0.2) is 41.3 Å². The summed E-state index contributed by atoms with van der Waals surface area (Å²) in [6, 6.07) is 9.67. The van der Waals surface area contributed by atoms with Gasteiger partial charge in [0.25, 0.3) is 5.56 Å². The minimum Gasteiger partial charge on any atom is -0.326 e. The molecule has 0 radical (unpaired) electrons. The van der Waals surface area contributed by atoms with E-state index in [0.29, 0.717) is 12.4 Å². The molecule has 0 aliphatic rings. The Hall–Kier alpha value is -2.10. The molecular weight excluding hydrogens is 214 g/mol. The summed E-state index contributed by atoms with van der Waals surface area (Å²) in [7, 11) is 1.72. The van der Waals surface area contributed by atoms with Crippen LogP contribution in [0.25, 0.3) is 0 Å². The molecule has 1 heterocycles. The summed E-state index contributed by atoms with van der Waals surface area (Å²) >= 11 is 0. The first-order valence-electron chi connectivity index (χ1n) is 5.59. The molecule has 0 atom stereocenters. The van der Waals surface area contributed by atoms with Gasteiger partial charge < -0.3 is 5.32 Å². The molecule has 0 amide bonds. The number of rotatable bonds is 3. The maximum Gasteiger partial charge on any atom is 0.257 e. The van der Waals surface area contributed by atoms with Crippen molar-refractivity contribution >= 4 is 11.6 Å². The molecule has 17 heavy (non-hydrogen) atoms. The topological polar surface area (TPSA) is 46.9 Å². The molecule has 1 N–H and O–H groups in total. The number of benzene rings is 1. The number of nitrogens with zero attached hydrogens (tertiary/aromatic N) is 2. The van der Waals surface area contributed by atoms with Crippen molar-refractivity contribution in [2.75, 3.05) is 5.32 Å². The third-order valence-corrected chi connectivity index (χ3v) is 2.65. The molecule has 0 spiro atoms. The van der Waals surface area contributed by atoms with Gasteiger partial charge in [-0.15, -0.1) is 0 Å². The molecule has 0 bridgehead atoms. The monoisotopic (exact) mass is 229 g/mol. The third-order valence-electron chi connectivity index (χ3n) is 2.65. The standard InChI is InChI=1S/C13H15N3O/c1-3-10-9-14-13(16(2)12(10)17)15-11-7-5-4-6-8-11/h4-9H,3H2,1-2H3,(H,14,15). The van der Waals surface area contributed by atoms with Gasteiger partial charge in [-0.2, -0.15) is 0 Å². The minimum atomic E-state index is 0.000862. The second kappa shape index (κ2) is 4.82. The van der Waals surface area contributed by atoms with Crippen molar-refractivity contribution in [2.45, 2.75) is 13.3 Å². The lowest BCUT2D eigenvalue weighted by atomic mass is 10.2. The van der Waals surface area contributed by atoms with Crippen molar-refractivity contribution in [3.05, 3.63) is 52.4 Å². The summed E-state index contributed by atoms with van der Waals surface area (Å²) in [5, 5.41) is 3.12.